The average Bonchev–Trinajstić information content (AvgIpc) is 2.55. The normalized spacial score (nSPS) is 25.6. The van der Waals surface area contributed by atoms with E-state index in [0.29, 0.717) is 6.54 Å². The Morgan fingerprint density at radius 2 is 2.22 bits per heavy atom. The Labute approximate surface area is 114 Å². The van der Waals surface area contributed by atoms with Crippen molar-refractivity contribution in [3.8, 4) is 0 Å². The molecule has 0 amide bonds. The molecule has 0 aromatic carbocycles. The smallest absolute Gasteiger partial charge is 0.0863 e. The van der Waals surface area contributed by atoms with E-state index >= 15 is 0 Å². The lowest BCUT2D eigenvalue weighted by atomic mass is 9.95. The first-order valence-electron chi connectivity index (χ1n) is 6.58. The molecule has 0 saturated carbocycles. The second kappa shape index (κ2) is 5.19. The third-order valence-corrected chi connectivity index (χ3v) is 4.07. The van der Waals surface area contributed by atoms with Gasteiger partial charge in [-0.25, -0.2) is 0 Å². The molecule has 1 unspecified atom stereocenters. The summed E-state index contributed by atoms with van der Waals surface area (Å²) in [6, 6.07) is 0. The number of aromatic nitrogens is 2. The Morgan fingerprint density at radius 1 is 1.50 bits per heavy atom. The van der Waals surface area contributed by atoms with Gasteiger partial charge in [0.2, 0.25) is 0 Å². The van der Waals surface area contributed by atoms with Gasteiger partial charge in [-0.05, 0) is 32.7 Å². The van der Waals surface area contributed by atoms with Crippen molar-refractivity contribution in [3.63, 3.8) is 0 Å². The van der Waals surface area contributed by atoms with Crippen LogP contribution in [0.25, 0.3) is 0 Å². The predicted octanol–water partition coefficient (Wildman–Crippen LogP) is 1.98. The number of β-amino-alcohol motifs (C(OH)–C–C–N with tert-alkyl or cyclic N) is 1. The highest BCUT2D eigenvalue weighted by atomic mass is 35.5. The third-order valence-electron chi connectivity index (χ3n) is 3.63. The summed E-state index contributed by atoms with van der Waals surface area (Å²) < 4.78 is 1.87. The topological polar surface area (TPSA) is 41.3 Å². The van der Waals surface area contributed by atoms with Crippen LogP contribution in [0.2, 0.25) is 5.02 Å². The van der Waals surface area contributed by atoms with Crippen molar-refractivity contribution >= 4 is 11.6 Å². The van der Waals surface area contributed by atoms with Gasteiger partial charge in [-0.2, -0.15) is 5.10 Å². The molecule has 0 radical (unpaired) electrons. The molecule has 0 spiro atoms. The molecule has 1 atom stereocenters. The Kier molecular flexibility index (Phi) is 3.99. The maximum absolute atomic E-state index is 10.1. The number of aliphatic hydroxyl groups is 1. The minimum Gasteiger partial charge on any atom is -0.389 e. The van der Waals surface area contributed by atoms with Crippen molar-refractivity contribution in [2.75, 3.05) is 13.1 Å². The Bertz CT molecular complexity index is 428. The first-order chi connectivity index (χ1) is 8.43. The van der Waals surface area contributed by atoms with Crippen LogP contribution in [0, 0.1) is 0 Å². The summed E-state index contributed by atoms with van der Waals surface area (Å²) in [4.78, 5) is 2.26. The minimum absolute atomic E-state index is 0.573. The van der Waals surface area contributed by atoms with E-state index < -0.39 is 5.60 Å². The summed E-state index contributed by atoms with van der Waals surface area (Å²) in [5.74, 6) is 0. The zero-order chi connectivity index (χ0) is 13.3. The molecule has 2 rings (SSSR count). The maximum Gasteiger partial charge on any atom is 0.0863 e. The molecular weight excluding hydrogens is 250 g/mol. The van der Waals surface area contributed by atoms with Crippen LogP contribution in [-0.4, -0.2) is 38.5 Å². The molecule has 0 aliphatic carbocycles. The van der Waals surface area contributed by atoms with Gasteiger partial charge in [0, 0.05) is 20.1 Å². The van der Waals surface area contributed by atoms with Crippen LogP contribution < -0.4 is 0 Å². The highest BCUT2D eigenvalue weighted by Crippen LogP contribution is 2.26. The first-order valence-corrected chi connectivity index (χ1v) is 6.95. The van der Waals surface area contributed by atoms with Gasteiger partial charge >= 0.3 is 0 Å². The first kappa shape index (κ1) is 13.8. The van der Waals surface area contributed by atoms with Crippen LogP contribution in [0.4, 0.5) is 0 Å². The number of halogens is 1. The van der Waals surface area contributed by atoms with Gasteiger partial charge in [0.25, 0.3) is 0 Å². The molecule has 18 heavy (non-hydrogen) atoms. The number of rotatable bonds is 3. The third kappa shape index (κ3) is 2.87. The molecule has 2 heterocycles. The Morgan fingerprint density at radius 3 is 2.78 bits per heavy atom. The summed E-state index contributed by atoms with van der Waals surface area (Å²) in [5, 5.41) is 15.3. The molecule has 4 nitrogen and oxygen atoms in total. The van der Waals surface area contributed by atoms with Crippen LogP contribution in [0.1, 0.15) is 38.1 Å². The number of aryl methyl sites for hydroxylation is 2. The summed E-state index contributed by atoms with van der Waals surface area (Å²) in [7, 11) is 1.93. The van der Waals surface area contributed by atoms with Crippen molar-refractivity contribution in [1.29, 1.82) is 0 Å². The van der Waals surface area contributed by atoms with E-state index in [0.717, 1.165) is 48.8 Å². The van der Waals surface area contributed by atoms with E-state index in [2.05, 4.69) is 16.9 Å². The van der Waals surface area contributed by atoms with E-state index in [-0.39, 0.29) is 0 Å². The highest BCUT2D eigenvalue weighted by molar-refractivity contribution is 6.31. The predicted molar refractivity (Wildman–Crippen MR) is 72.7 cm³/mol. The van der Waals surface area contributed by atoms with Crippen molar-refractivity contribution in [2.45, 2.75) is 45.3 Å². The molecule has 1 N–H and O–H groups in total. The molecule has 1 aliphatic rings. The number of hydrogen-bond donors (Lipinski definition) is 1. The standard InChI is InChI=1S/C13H22ClN3O/c1-4-10-12(14)11(16(3)15-10)8-17-7-5-6-13(2,18)9-17/h18H,4-9H2,1-3H3. The van der Waals surface area contributed by atoms with Crippen LogP contribution in [0.15, 0.2) is 0 Å². The summed E-state index contributed by atoms with van der Waals surface area (Å²) in [5.41, 5.74) is 1.43. The lowest BCUT2D eigenvalue weighted by Gasteiger charge is -2.36. The van der Waals surface area contributed by atoms with E-state index in [1.54, 1.807) is 0 Å². The van der Waals surface area contributed by atoms with Gasteiger partial charge in [0.1, 0.15) is 0 Å². The van der Waals surface area contributed by atoms with Gasteiger partial charge < -0.3 is 5.11 Å². The SMILES string of the molecule is CCc1nn(C)c(CN2CCCC(C)(O)C2)c1Cl. The molecule has 1 aromatic rings. The fraction of sp³-hybridized carbons (Fsp3) is 0.769. The molecule has 1 aromatic heterocycles. The van der Waals surface area contributed by atoms with Gasteiger partial charge in [-0.15, -0.1) is 0 Å². The zero-order valence-electron chi connectivity index (χ0n) is 11.4. The van der Waals surface area contributed by atoms with Crippen LogP contribution >= 0.6 is 11.6 Å². The van der Waals surface area contributed by atoms with Crippen molar-refractivity contribution in [3.05, 3.63) is 16.4 Å². The van der Waals surface area contributed by atoms with Crippen molar-refractivity contribution < 1.29 is 5.11 Å². The molecule has 1 aliphatic heterocycles. The van der Waals surface area contributed by atoms with Crippen LogP contribution in [-0.2, 0) is 20.0 Å². The fourth-order valence-electron chi connectivity index (χ4n) is 2.66. The number of piperidine rings is 1. The zero-order valence-corrected chi connectivity index (χ0v) is 12.2. The lowest BCUT2D eigenvalue weighted by molar-refractivity contribution is -0.0187. The number of nitrogens with zero attached hydrogens (tertiary/aromatic N) is 3. The summed E-state index contributed by atoms with van der Waals surface area (Å²) >= 11 is 6.35. The van der Waals surface area contributed by atoms with Gasteiger partial charge in [0.05, 0.1) is 22.0 Å². The molecule has 1 saturated heterocycles. The largest absolute Gasteiger partial charge is 0.389 e. The van der Waals surface area contributed by atoms with Gasteiger partial charge in [-0.1, -0.05) is 18.5 Å². The molecule has 1 fully saturated rings. The van der Waals surface area contributed by atoms with E-state index in [1.807, 2.05) is 18.7 Å². The molecular formula is C13H22ClN3O. The fourth-order valence-corrected chi connectivity index (χ4v) is 3.02. The second-order valence-electron chi connectivity index (χ2n) is 5.50. The highest BCUT2D eigenvalue weighted by Gasteiger charge is 2.29. The van der Waals surface area contributed by atoms with Crippen molar-refractivity contribution in [1.82, 2.24) is 14.7 Å². The lowest BCUT2D eigenvalue weighted by Crippen LogP contribution is -2.45. The summed E-state index contributed by atoms with van der Waals surface area (Å²) in [6.07, 6.45) is 2.76. The second-order valence-corrected chi connectivity index (χ2v) is 5.87. The Hall–Kier alpha value is -0.580. The van der Waals surface area contributed by atoms with Crippen LogP contribution in [0.3, 0.4) is 0 Å². The summed E-state index contributed by atoms with van der Waals surface area (Å²) in [6.45, 7) is 6.44. The van der Waals surface area contributed by atoms with Gasteiger partial charge in [-0.3, -0.25) is 9.58 Å². The monoisotopic (exact) mass is 271 g/mol. The number of hydrogen-bond acceptors (Lipinski definition) is 3. The van der Waals surface area contributed by atoms with E-state index in [4.69, 9.17) is 11.6 Å². The van der Waals surface area contributed by atoms with Gasteiger partial charge in [0.15, 0.2) is 0 Å². The molecule has 5 heteroatoms. The van der Waals surface area contributed by atoms with E-state index in [1.165, 1.54) is 0 Å². The maximum atomic E-state index is 10.1. The van der Waals surface area contributed by atoms with Crippen molar-refractivity contribution in [2.24, 2.45) is 7.05 Å². The number of likely N-dealkylation sites (tertiary alicyclic amines) is 1. The van der Waals surface area contributed by atoms with E-state index in [9.17, 15) is 5.11 Å². The molecule has 102 valence electrons. The quantitative estimate of drug-likeness (QED) is 0.914. The molecule has 0 bridgehead atoms. The van der Waals surface area contributed by atoms with Crippen LogP contribution in [0.5, 0.6) is 0 Å². The Balaban J connectivity index is 2.12. The average molecular weight is 272 g/mol. The minimum atomic E-state index is -0.573.